The molecule has 0 aromatic heterocycles. The summed E-state index contributed by atoms with van der Waals surface area (Å²) >= 11 is 0. The van der Waals surface area contributed by atoms with Crippen LogP contribution in [0.3, 0.4) is 0 Å². The highest BCUT2D eigenvalue weighted by atomic mass is 79.9. The number of rotatable bonds is 8. The van der Waals surface area contributed by atoms with Gasteiger partial charge in [-0.1, -0.05) is 84.9 Å². The Hall–Kier alpha value is -4.91. The lowest BCUT2D eigenvalue weighted by molar-refractivity contribution is -0.134. The van der Waals surface area contributed by atoms with Gasteiger partial charge in [-0.25, -0.2) is 0 Å². The van der Waals surface area contributed by atoms with Crippen molar-refractivity contribution < 1.29 is 39.1 Å². The standard InChI is InChI=1S/C20H19O3P.C18H15O3P.C2H4O2.BrH/c1-23-17-9-13-20(14-10-17)24(22,18-5-3-2-4-6-18)19-11-7-16(15-21)8-12-19;19-14-6-10-17(11-7-14)22(21,16-4-2-1-3-5-16)18-12-8-15(20)9-13-18;1-2(3)4;/h2-14,21H,15H2,1H3;1-13,19-20H;1H3,(H,3,4);1H. The van der Waals surface area contributed by atoms with Gasteiger partial charge >= 0.3 is 0 Å². The number of aliphatic carboxylic acids is 1. The maximum absolute atomic E-state index is 14.1. The molecule has 0 saturated carbocycles. The predicted octanol–water partition coefficient (Wildman–Crippen LogP) is 6.23. The van der Waals surface area contributed by atoms with E-state index in [0.717, 1.165) is 34.2 Å². The maximum atomic E-state index is 14.1. The summed E-state index contributed by atoms with van der Waals surface area (Å²) in [6.07, 6.45) is 0. The molecule has 0 fully saturated rings. The van der Waals surface area contributed by atoms with Crippen molar-refractivity contribution in [3.63, 3.8) is 0 Å². The summed E-state index contributed by atoms with van der Waals surface area (Å²) in [6, 6.07) is 46.2. The first-order valence-electron chi connectivity index (χ1n) is 15.5. The van der Waals surface area contributed by atoms with Crippen molar-refractivity contribution in [1.29, 1.82) is 0 Å². The number of carbonyl (C=O) groups is 1. The van der Waals surface area contributed by atoms with Crippen molar-refractivity contribution in [2.45, 2.75) is 13.5 Å². The van der Waals surface area contributed by atoms with E-state index >= 15 is 0 Å². The topological polar surface area (TPSA) is 141 Å². The Morgan fingerprint density at radius 2 is 0.804 bits per heavy atom. The van der Waals surface area contributed by atoms with Crippen LogP contribution in [0.5, 0.6) is 17.2 Å². The Kier molecular flexibility index (Phi) is 15.0. The molecule has 11 heteroatoms. The van der Waals surface area contributed by atoms with Crippen LogP contribution in [0.1, 0.15) is 12.5 Å². The summed E-state index contributed by atoms with van der Waals surface area (Å²) in [5, 5.41) is 39.9. The third-order valence-corrected chi connectivity index (χ3v) is 13.7. The van der Waals surface area contributed by atoms with E-state index in [9.17, 15) is 24.4 Å². The normalized spacial score (nSPS) is 11.6. The Balaban J connectivity index is 0.000000246. The van der Waals surface area contributed by atoms with Crippen LogP contribution in [0.15, 0.2) is 158 Å². The Morgan fingerprint density at radius 1 is 0.529 bits per heavy atom. The van der Waals surface area contributed by atoms with E-state index in [1.807, 2.05) is 109 Å². The zero-order valence-corrected chi connectivity index (χ0v) is 31.4. The van der Waals surface area contributed by atoms with Crippen LogP contribution in [0.4, 0.5) is 0 Å². The molecule has 51 heavy (non-hydrogen) atoms. The summed E-state index contributed by atoms with van der Waals surface area (Å²) < 4.78 is 33.2. The van der Waals surface area contributed by atoms with Gasteiger partial charge in [0, 0.05) is 38.8 Å². The molecule has 0 aliphatic rings. The van der Waals surface area contributed by atoms with Gasteiger partial charge in [-0.2, -0.15) is 0 Å². The van der Waals surface area contributed by atoms with Crippen molar-refractivity contribution in [2.75, 3.05) is 7.11 Å². The first-order valence-corrected chi connectivity index (χ1v) is 18.9. The number of hydrogen-bond acceptors (Lipinski definition) is 7. The number of benzene rings is 6. The molecular formula is C40H39BrO8P2. The second kappa shape index (κ2) is 18.9. The molecule has 8 nitrogen and oxygen atoms in total. The van der Waals surface area contributed by atoms with Crippen LogP contribution in [-0.4, -0.2) is 33.5 Å². The Morgan fingerprint density at radius 3 is 1.10 bits per heavy atom. The molecule has 0 amide bonds. The molecule has 0 radical (unpaired) electrons. The number of hydrogen-bond donors (Lipinski definition) is 4. The number of ether oxygens (including phenoxy) is 1. The van der Waals surface area contributed by atoms with E-state index in [4.69, 9.17) is 14.6 Å². The van der Waals surface area contributed by atoms with E-state index in [-0.39, 0.29) is 35.1 Å². The van der Waals surface area contributed by atoms with E-state index in [1.54, 1.807) is 31.4 Å². The summed E-state index contributed by atoms with van der Waals surface area (Å²) in [5.41, 5.74) is 0.799. The second-order valence-corrected chi connectivity index (χ2v) is 16.5. The number of methoxy groups -OCH3 is 1. The fourth-order valence-corrected chi connectivity index (χ4v) is 10.3. The Labute approximate surface area is 308 Å². The molecule has 264 valence electrons. The summed E-state index contributed by atoms with van der Waals surface area (Å²) in [7, 11) is -4.40. The average Bonchev–Trinajstić information content (AvgIpc) is 3.15. The maximum Gasteiger partial charge on any atom is 0.300 e. The predicted molar refractivity (Wildman–Crippen MR) is 211 cm³/mol. The average molecular weight is 790 g/mol. The van der Waals surface area contributed by atoms with Gasteiger partial charge in [-0.3, -0.25) is 4.79 Å². The van der Waals surface area contributed by atoms with Crippen LogP contribution in [0.25, 0.3) is 0 Å². The van der Waals surface area contributed by atoms with E-state index in [2.05, 4.69) is 0 Å². The molecule has 1 unspecified atom stereocenters. The van der Waals surface area contributed by atoms with Gasteiger partial charge in [-0.15, -0.1) is 17.0 Å². The molecule has 0 aliphatic carbocycles. The minimum atomic E-state index is -3.04. The largest absolute Gasteiger partial charge is 0.508 e. The molecule has 0 aliphatic heterocycles. The third kappa shape index (κ3) is 10.1. The molecule has 6 aromatic rings. The number of aromatic hydroxyl groups is 2. The molecule has 0 spiro atoms. The number of carboxylic acid groups (broad SMARTS) is 1. The number of aliphatic hydroxyl groups excluding tert-OH is 1. The lowest BCUT2D eigenvalue weighted by Crippen LogP contribution is -2.25. The van der Waals surface area contributed by atoms with Gasteiger partial charge < -0.3 is 34.3 Å². The minimum Gasteiger partial charge on any atom is -0.508 e. The lowest BCUT2D eigenvalue weighted by Gasteiger charge is -2.20. The number of phenolic OH excluding ortho intramolecular Hbond substituents is 2. The molecule has 1 atom stereocenters. The zero-order valence-electron chi connectivity index (χ0n) is 27.9. The SMILES string of the molecule is Br.CC(=O)O.COc1ccc(P(=O)(c2ccccc2)c2ccc(CO)cc2)cc1.O=P(c1ccccc1)(c1ccc(O)cc1)c1ccc(O)cc1. The summed E-state index contributed by atoms with van der Waals surface area (Å²) in [6.45, 7) is 1.05. The molecule has 0 heterocycles. The molecule has 6 aromatic carbocycles. The van der Waals surface area contributed by atoms with Crippen molar-refractivity contribution in [3.05, 3.63) is 163 Å². The zero-order chi connectivity index (χ0) is 36.1. The molecule has 0 bridgehead atoms. The van der Waals surface area contributed by atoms with E-state index in [0.29, 0.717) is 15.9 Å². The summed E-state index contributed by atoms with van der Waals surface area (Å²) in [4.78, 5) is 9.00. The van der Waals surface area contributed by atoms with Gasteiger partial charge in [-0.05, 0) is 78.4 Å². The second-order valence-electron chi connectivity index (χ2n) is 11.0. The highest BCUT2D eigenvalue weighted by molar-refractivity contribution is 8.93. The fraction of sp³-hybridized carbons (Fsp3) is 0.0750. The fourth-order valence-electron chi connectivity index (χ4n) is 5.10. The van der Waals surface area contributed by atoms with Gasteiger partial charge in [0.05, 0.1) is 13.7 Å². The Bertz CT molecular complexity index is 1950. The van der Waals surface area contributed by atoms with Gasteiger partial charge in [0.15, 0.2) is 14.3 Å². The number of phenols is 2. The van der Waals surface area contributed by atoms with Crippen LogP contribution in [-0.2, 0) is 20.5 Å². The highest BCUT2D eigenvalue weighted by Crippen LogP contribution is 2.43. The number of aliphatic hydroxyl groups is 1. The minimum absolute atomic E-state index is 0. The van der Waals surface area contributed by atoms with Crippen molar-refractivity contribution >= 4 is 69.1 Å². The van der Waals surface area contributed by atoms with E-state index in [1.165, 1.54) is 24.3 Å². The monoisotopic (exact) mass is 788 g/mol. The van der Waals surface area contributed by atoms with Crippen LogP contribution >= 0.6 is 31.3 Å². The van der Waals surface area contributed by atoms with Crippen LogP contribution in [0.2, 0.25) is 0 Å². The molecular weight excluding hydrogens is 750 g/mol. The quantitative estimate of drug-likeness (QED) is 0.133. The highest BCUT2D eigenvalue weighted by Gasteiger charge is 2.30. The molecule has 0 saturated heterocycles. The van der Waals surface area contributed by atoms with Crippen LogP contribution in [0, 0.1) is 0 Å². The number of halogens is 1. The third-order valence-electron chi connectivity index (χ3n) is 7.58. The van der Waals surface area contributed by atoms with Gasteiger partial charge in [0.1, 0.15) is 17.2 Å². The van der Waals surface area contributed by atoms with Crippen molar-refractivity contribution in [1.82, 2.24) is 0 Å². The van der Waals surface area contributed by atoms with Crippen molar-refractivity contribution in [2.24, 2.45) is 0 Å². The lowest BCUT2D eigenvalue weighted by atomic mass is 10.2. The van der Waals surface area contributed by atoms with Gasteiger partial charge in [0.2, 0.25) is 0 Å². The van der Waals surface area contributed by atoms with Gasteiger partial charge in [0.25, 0.3) is 5.97 Å². The molecule has 4 N–H and O–H groups in total. The number of carboxylic acids is 1. The smallest absolute Gasteiger partial charge is 0.300 e. The molecule has 6 rings (SSSR count). The van der Waals surface area contributed by atoms with E-state index < -0.39 is 20.3 Å². The first-order chi connectivity index (χ1) is 24.0. The van der Waals surface area contributed by atoms with Crippen LogP contribution < -0.4 is 36.6 Å². The first kappa shape index (κ1) is 40.5. The van der Waals surface area contributed by atoms with Crippen molar-refractivity contribution in [3.8, 4) is 17.2 Å². The summed E-state index contributed by atoms with van der Waals surface area (Å²) in [5.74, 6) is 0.164.